The summed E-state index contributed by atoms with van der Waals surface area (Å²) < 4.78 is 36.6. The summed E-state index contributed by atoms with van der Waals surface area (Å²) in [6, 6.07) is 16.1. The lowest BCUT2D eigenvalue weighted by Gasteiger charge is -2.13. The maximum Gasteiger partial charge on any atom is 0.310 e. The molecule has 0 bridgehead atoms. The van der Waals surface area contributed by atoms with Crippen LogP contribution >= 0.6 is 9.39 Å². The van der Waals surface area contributed by atoms with Crippen molar-refractivity contribution in [3.63, 3.8) is 0 Å². The Bertz CT molecular complexity index is 1300. The number of methoxy groups -OCH3 is 1. The van der Waals surface area contributed by atoms with Gasteiger partial charge in [-0.05, 0) is 60.5 Å². The Balaban J connectivity index is 1.90. The summed E-state index contributed by atoms with van der Waals surface area (Å²) >= 11 is 0. The first kappa shape index (κ1) is 26.4. The van der Waals surface area contributed by atoms with Crippen LogP contribution in [0.2, 0.25) is 0 Å². The average molecular weight is 520 g/mol. The van der Waals surface area contributed by atoms with Crippen molar-refractivity contribution in [3.05, 3.63) is 70.8 Å². The highest BCUT2D eigenvalue weighted by molar-refractivity contribution is 7.90. The molecule has 35 heavy (non-hydrogen) atoms. The van der Waals surface area contributed by atoms with Gasteiger partial charge in [0.1, 0.15) is 5.75 Å². The van der Waals surface area contributed by atoms with Crippen LogP contribution in [0.25, 0.3) is 16.9 Å². The van der Waals surface area contributed by atoms with E-state index in [2.05, 4.69) is 0 Å². The number of ether oxygens (including phenoxy) is 2. The maximum atomic E-state index is 12.5. The van der Waals surface area contributed by atoms with Crippen LogP contribution in [0.1, 0.15) is 17.7 Å². The van der Waals surface area contributed by atoms with E-state index in [1.165, 1.54) is 6.26 Å². The number of rotatable bonds is 11. The van der Waals surface area contributed by atoms with Gasteiger partial charge in [-0.3, -0.25) is 4.79 Å². The van der Waals surface area contributed by atoms with Crippen molar-refractivity contribution in [2.75, 3.05) is 26.6 Å². The van der Waals surface area contributed by atoms with Crippen molar-refractivity contribution in [1.82, 2.24) is 4.57 Å². The first-order valence-electron chi connectivity index (χ1n) is 10.8. The van der Waals surface area contributed by atoms with Crippen molar-refractivity contribution in [2.45, 2.75) is 24.7 Å². The van der Waals surface area contributed by atoms with Gasteiger partial charge in [-0.2, -0.15) is 0 Å². The smallest absolute Gasteiger partial charge is 0.310 e. The molecule has 0 fully saturated rings. The number of carbonyl (C=O) groups excluding carboxylic acids is 1. The standard InChI is InChI=1S/C24H28N2O7PS/c1-17-19(16-24(27)32-13-4-14-33-26(28)34)15-23(18-5-11-22(12-6-18)35(3,29)30)25(17)20-7-9-21(31-2)10-8-20/h5-12,15H,4,13-14,16,34H2,1-3H3/q+1. The molecule has 1 atom stereocenters. The van der Waals surface area contributed by atoms with Gasteiger partial charge >= 0.3 is 5.97 Å². The molecule has 0 aliphatic rings. The summed E-state index contributed by atoms with van der Waals surface area (Å²) in [5.74, 6) is 0.316. The van der Waals surface area contributed by atoms with Gasteiger partial charge in [-0.1, -0.05) is 12.1 Å². The Morgan fingerprint density at radius 1 is 1.06 bits per heavy atom. The molecule has 11 heteroatoms. The molecule has 0 amide bonds. The van der Waals surface area contributed by atoms with Crippen LogP contribution in [-0.4, -0.2) is 50.2 Å². The molecular weight excluding hydrogens is 491 g/mol. The van der Waals surface area contributed by atoms with Gasteiger partial charge in [0.05, 0.1) is 35.6 Å². The lowest BCUT2D eigenvalue weighted by Crippen LogP contribution is -2.11. The zero-order chi connectivity index (χ0) is 25.6. The van der Waals surface area contributed by atoms with Crippen molar-refractivity contribution in [3.8, 4) is 22.7 Å². The molecule has 1 unspecified atom stereocenters. The van der Waals surface area contributed by atoms with Crippen LogP contribution in [-0.2, 0) is 30.6 Å². The summed E-state index contributed by atoms with van der Waals surface area (Å²) in [6.07, 6.45) is 1.62. The van der Waals surface area contributed by atoms with E-state index in [1.54, 1.807) is 31.4 Å². The van der Waals surface area contributed by atoms with Crippen LogP contribution < -0.4 is 4.74 Å². The third-order valence-electron chi connectivity index (χ3n) is 5.37. The van der Waals surface area contributed by atoms with E-state index in [1.807, 2.05) is 51.2 Å². The summed E-state index contributed by atoms with van der Waals surface area (Å²) in [7, 11) is 0.116. The average Bonchev–Trinajstić information content (AvgIpc) is 3.14. The fourth-order valence-corrected chi connectivity index (χ4v) is 4.33. The Labute approximate surface area is 206 Å². The molecule has 0 aliphatic carbocycles. The number of hydrogen-bond acceptors (Lipinski definition) is 7. The van der Waals surface area contributed by atoms with E-state index < -0.39 is 15.8 Å². The number of carbonyl (C=O) groups is 1. The van der Waals surface area contributed by atoms with Gasteiger partial charge in [-0.15, -0.1) is 0 Å². The lowest BCUT2D eigenvalue weighted by atomic mass is 10.1. The van der Waals surface area contributed by atoms with E-state index in [0.29, 0.717) is 12.2 Å². The zero-order valence-electron chi connectivity index (χ0n) is 19.8. The van der Waals surface area contributed by atoms with Crippen LogP contribution in [0, 0.1) is 11.8 Å². The third-order valence-corrected chi connectivity index (χ3v) is 6.64. The molecule has 0 saturated carbocycles. The van der Waals surface area contributed by atoms with Crippen LogP contribution in [0.5, 0.6) is 5.75 Å². The van der Waals surface area contributed by atoms with Crippen molar-refractivity contribution < 1.29 is 32.2 Å². The lowest BCUT2D eigenvalue weighted by molar-refractivity contribution is -0.685. The number of hydrogen-bond donors (Lipinski definition) is 0. The Morgan fingerprint density at radius 2 is 1.71 bits per heavy atom. The predicted molar refractivity (Wildman–Crippen MR) is 134 cm³/mol. The van der Waals surface area contributed by atoms with Gasteiger partial charge in [0.25, 0.3) is 9.39 Å². The molecule has 0 aliphatic heterocycles. The normalized spacial score (nSPS) is 11.2. The monoisotopic (exact) mass is 519 g/mol. The molecule has 0 radical (unpaired) electrons. The minimum atomic E-state index is -3.32. The molecule has 3 aromatic rings. The Kier molecular flexibility index (Phi) is 8.64. The van der Waals surface area contributed by atoms with Crippen LogP contribution in [0.4, 0.5) is 0 Å². The molecule has 186 valence electrons. The highest BCUT2D eigenvalue weighted by Crippen LogP contribution is 2.31. The first-order chi connectivity index (χ1) is 16.6. The van der Waals surface area contributed by atoms with Crippen molar-refractivity contribution in [2.24, 2.45) is 0 Å². The maximum absolute atomic E-state index is 12.5. The zero-order valence-corrected chi connectivity index (χ0v) is 21.7. The molecule has 9 nitrogen and oxygen atoms in total. The summed E-state index contributed by atoms with van der Waals surface area (Å²) in [6.45, 7) is 2.19. The van der Waals surface area contributed by atoms with E-state index in [4.69, 9.17) is 14.3 Å². The first-order valence-corrected chi connectivity index (χ1v) is 13.2. The third kappa shape index (κ3) is 6.90. The van der Waals surface area contributed by atoms with Gasteiger partial charge in [0.2, 0.25) is 4.69 Å². The Hall–Kier alpha value is -3.23. The van der Waals surface area contributed by atoms with E-state index >= 15 is 0 Å². The van der Waals surface area contributed by atoms with E-state index in [-0.39, 0.29) is 29.2 Å². The second-order valence-electron chi connectivity index (χ2n) is 7.84. The van der Waals surface area contributed by atoms with E-state index in [0.717, 1.165) is 28.2 Å². The van der Waals surface area contributed by atoms with Crippen LogP contribution in [0.15, 0.2) is 59.5 Å². The summed E-state index contributed by atoms with van der Waals surface area (Å²) in [5, 5.41) is 0. The molecule has 1 aromatic heterocycles. The molecule has 0 N–H and O–H groups in total. The van der Waals surface area contributed by atoms with Crippen molar-refractivity contribution in [1.29, 1.82) is 0 Å². The molecule has 2 aromatic carbocycles. The Morgan fingerprint density at radius 3 is 2.29 bits per heavy atom. The molecule has 3 rings (SSSR count). The predicted octanol–water partition coefficient (Wildman–Crippen LogP) is 3.84. The number of sulfone groups is 1. The largest absolute Gasteiger partial charge is 0.497 e. The molecule has 0 saturated heterocycles. The second kappa shape index (κ2) is 11.5. The number of aromatic nitrogens is 1. The second-order valence-corrected chi connectivity index (χ2v) is 10.3. The van der Waals surface area contributed by atoms with Gasteiger partial charge in [-0.25, -0.2) is 13.3 Å². The molecule has 1 heterocycles. The fraction of sp³-hybridized carbons (Fsp3) is 0.292. The molecular formula is C24H28N2O7PS+. The highest BCUT2D eigenvalue weighted by Gasteiger charge is 2.18. The fourth-order valence-electron chi connectivity index (χ4n) is 3.59. The SMILES string of the molecule is COc1ccc(-n2c(-c3ccc(S(C)(=O)=O)cc3)cc(CC(=O)OCCCO[N+](=O)P)c2C)cc1. The van der Waals surface area contributed by atoms with Crippen LogP contribution in [0.3, 0.4) is 0 Å². The van der Waals surface area contributed by atoms with E-state index in [9.17, 15) is 18.1 Å². The minimum Gasteiger partial charge on any atom is -0.497 e. The van der Waals surface area contributed by atoms with Crippen molar-refractivity contribution >= 4 is 25.2 Å². The minimum absolute atomic E-state index is 0.0571. The number of nitrogens with zero attached hydrogens (tertiary/aromatic N) is 2. The van der Waals surface area contributed by atoms with Gasteiger partial charge < -0.3 is 14.0 Å². The van der Waals surface area contributed by atoms with Gasteiger partial charge in [0, 0.05) is 24.1 Å². The highest BCUT2D eigenvalue weighted by atomic mass is 32.2. The molecule has 0 spiro atoms. The van der Waals surface area contributed by atoms with Gasteiger partial charge in [0.15, 0.2) is 16.4 Å². The topological polar surface area (TPSA) is 104 Å². The number of esters is 1. The quantitative estimate of drug-likeness (QED) is 0.164. The summed E-state index contributed by atoms with van der Waals surface area (Å²) in [4.78, 5) is 28.1. The number of benzene rings is 2. The summed E-state index contributed by atoms with van der Waals surface area (Å²) in [5.41, 5.74) is 4.09.